The first kappa shape index (κ1) is 17.4. The third-order valence-corrected chi connectivity index (χ3v) is 4.31. The molecule has 0 spiro atoms. The van der Waals surface area contributed by atoms with E-state index < -0.39 is 6.10 Å². The third-order valence-electron chi connectivity index (χ3n) is 4.31. The molecule has 2 heterocycles. The summed E-state index contributed by atoms with van der Waals surface area (Å²) in [6.07, 6.45) is 1.17. The van der Waals surface area contributed by atoms with E-state index in [1.807, 2.05) is 43.1 Å². The number of benzene rings is 1. The van der Waals surface area contributed by atoms with Gasteiger partial charge in [-0.15, -0.1) is 0 Å². The molecule has 3 rings (SSSR count). The zero-order valence-electron chi connectivity index (χ0n) is 14.6. The average molecular weight is 341 g/mol. The second-order valence-electron chi connectivity index (χ2n) is 6.45. The van der Waals surface area contributed by atoms with Crippen LogP contribution in [0.5, 0.6) is 0 Å². The summed E-state index contributed by atoms with van der Waals surface area (Å²) in [5, 5.41) is 2.71. The predicted octanol–water partition coefficient (Wildman–Crippen LogP) is 1.47. The molecule has 25 heavy (non-hydrogen) atoms. The van der Waals surface area contributed by atoms with Crippen molar-refractivity contribution in [2.45, 2.75) is 19.6 Å². The highest BCUT2D eigenvalue weighted by atomic mass is 16.5. The Morgan fingerprint density at radius 3 is 2.76 bits per heavy atom. The smallest absolute Gasteiger partial charge is 0.274 e. The van der Waals surface area contributed by atoms with Crippen LogP contribution in [0.4, 0.5) is 5.69 Å². The van der Waals surface area contributed by atoms with E-state index in [4.69, 9.17) is 4.74 Å². The number of likely N-dealkylation sites (N-methyl/N-ethyl adjacent to an activating group) is 1. The van der Waals surface area contributed by atoms with Crippen LogP contribution in [-0.4, -0.2) is 48.2 Å². The quantitative estimate of drug-likeness (QED) is 0.915. The molecule has 1 N–H and O–H groups in total. The van der Waals surface area contributed by atoms with E-state index in [0.29, 0.717) is 19.7 Å². The van der Waals surface area contributed by atoms with Gasteiger partial charge in [0, 0.05) is 19.3 Å². The lowest BCUT2D eigenvalue weighted by molar-refractivity contribution is -0.132. The van der Waals surface area contributed by atoms with Crippen molar-refractivity contribution in [3.05, 3.63) is 64.1 Å². The number of rotatable bonds is 4. The van der Waals surface area contributed by atoms with Crippen LogP contribution in [0.25, 0.3) is 0 Å². The molecule has 2 aromatic rings. The summed E-state index contributed by atoms with van der Waals surface area (Å²) in [5.41, 5.74) is 2.26. The van der Waals surface area contributed by atoms with Gasteiger partial charge in [-0.3, -0.25) is 9.59 Å². The Hall–Kier alpha value is -2.44. The van der Waals surface area contributed by atoms with Crippen LogP contribution in [0, 0.1) is 6.92 Å². The van der Waals surface area contributed by atoms with E-state index in [9.17, 15) is 9.59 Å². The number of ether oxygens (including phenoxy) is 1. The zero-order chi connectivity index (χ0) is 17.8. The molecule has 0 unspecified atom stereocenters. The van der Waals surface area contributed by atoms with E-state index >= 15 is 0 Å². The van der Waals surface area contributed by atoms with Gasteiger partial charge in [-0.2, -0.15) is 0 Å². The second-order valence-corrected chi connectivity index (χ2v) is 6.45. The fraction of sp³-hybridized carbons (Fsp3) is 0.368. The molecule has 1 saturated heterocycles. The lowest BCUT2D eigenvalue weighted by Gasteiger charge is -2.29. The number of carbonyl (C=O) groups excluding carboxylic acids is 1. The topological polar surface area (TPSA) is 63.6 Å². The fourth-order valence-electron chi connectivity index (χ4n) is 2.80. The molecular formula is C19H23N3O3. The summed E-state index contributed by atoms with van der Waals surface area (Å²) < 4.78 is 7.09. The number of nitrogens with one attached hydrogen (secondary N) is 1. The first-order chi connectivity index (χ1) is 12.0. The summed E-state index contributed by atoms with van der Waals surface area (Å²) in [5.74, 6) is -0.281. The molecule has 1 amide bonds. The lowest BCUT2D eigenvalue weighted by atomic mass is 10.1. The molecule has 0 aliphatic carbocycles. The molecule has 0 bridgehead atoms. The van der Waals surface area contributed by atoms with Gasteiger partial charge in [-0.05, 0) is 31.7 Å². The first-order valence-corrected chi connectivity index (χ1v) is 8.39. The fourth-order valence-corrected chi connectivity index (χ4v) is 2.80. The van der Waals surface area contributed by atoms with Crippen LogP contribution in [0.2, 0.25) is 0 Å². The molecule has 0 saturated carbocycles. The second kappa shape index (κ2) is 7.63. The molecule has 1 atom stereocenters. The molecular weight excluding hydrogens is 318 g/mol. The molecule has 1 aromatic carbocycles. The van der Waals surface area contributed by atoms with Gasteiger partial charge in [0.25, 0.3) is 11.5 Å². The van der Waals surface area contributed by atoms with Crippen molar-refractivity contribution >= 4 is 11.6 Å². The maximum Gasteiger partial charge on any atom is 0.274 e. The molecule has 1 aliphatic heterocycles. The maximum atomic E-state index is 12.6. The Labute approximate surface area is 147 Å². The number of amides is 1. The van der Waals surface area contributed by atoms with Gasteiger partial charge < -0.3 is 19.5 Å². The molecule has 6 nitrogen and oxygen atoms in total. The van der Waals surface area contributed by atoms with Gasteiger partial charge in [0.05, 0.1) is 13.2 Å². The molecule has 1 aliphatic rings. The van der Waals surface area contributed by atoms with E-state index in [0.717, 1.165) is 12.1 Å². The van der Waals surface area contributed by atoms with Gasteiger partial charge in [0.15, 0.2) is 0 Å². The Balaban J connectivity index is 1.73. The van der Waals surface area contributed by atoms with Crippen LogP contribution in [0.15, 0.2) is 47.4 Å². The van der Waals surface area contributed by atoms with E-state index in [-0.39, 0.29) is 17.2 Å². The number of hydrogen-bond donors (Lipinski definition) is 1. The number of aromatic nitrogens is 1. The van der Waals surface area contributed by atoms with Crippen molar-refractivity contribution in [1.29, 1.82) is 0 Å². The number of pyridine rings is 1. The van der Waals surface area contributed by atoms with Crippen molar-refractivity contribution in [2.75, 3.05) is 32.1 Å². The lowest BCUT2D eigenvalue weighted by Crippen LogP contribution is -2.46. The normalized spacial score (nSPS) is 18.1. The van der Waals surface area contributed by atoms with Crippen molar-refractivity contribution in [1.82, 2.24) is 9.47 Å². The van der Waals surface area contributed by atoms with E-state index in [2.05, 4.69) is 5.32 Å². The Morgan fingerprint density at radius 2 is 2.04 bits per heavy atom. The Kier molecular flexibility index (Phi) is 5.31. The van der Waals surface area contributed by atoms with Crippen LogP contribution in [0.1, 0.15) is 11.1 Å². The monoisotopic (exact) mass is 341 g/mol. The van der Waals surface area contributed by atoms with Gasteiger partial charge in [-0.25, -0.2) is 0 Å². The number of anilines is 1. The summed E-state index contributed by atoms with van der Waals surface area (Å²) in [6, 6.07) is 11.4. The minimum absolute atomic E-state index is 0.222. The standard InChI is InChI=1S/C19H23N3O3/c1-14-5-7-15(8-6-14)12-22-9-3-4-16(19(22)24)20-18(23)17-13-21(2)10-11-25-17/h3-9,17H,10-13H2,1-2H3,(H,20,23)/t17-/m1/s1. The molecule has 132 valence electrons. The van der Waals surface area contributed by atoms with E-state index in [1.54, 1.807) is 22.9 Å². The highest BCUT2D eigenvalue weighted by Crippen LogP contribution is 2.08. The van der Waals surface area contributed by atoms with Crippen molar-refractivity contribution in [3.63, 3.8) is 0 Å². The van der Waals surface area contributed by atoms with Gasteiger partial charge in [-0.1, -0.05) is 29.8 Å². The summed E-state index contributed by atoms with van der Waals surface area (Å²) in [7, 11) is 1.94. The predicted molar refractivity (Wildman–Crippen MR) is 96.8 cm³/mol. The summed E-state index contributed by atoms with van der Waals surface area (Å²) in [6.45, 7) is 4.33. The van der Waals surface area contributed by atoms with Gasteiger partial charge in [0.2, 0.25) is 0 Å². The number of morpholine rings is 1. The number of hydrogen-bond acceptors (Lipinski definition) is 4. The summed E-state index contributed by atoms with van der Waals surface area (Å²) >= 11 is 0. The van der Waals surface area contributed by atoms with Crippen molar-refractivity contribution in [3.8, 4) is 0 Å². The van der Waals surface area contributed by atoms with E-state index in [1.165, 1.54) is 5.56 Å². The minimum atomic E-state index is -0.552. The maximum absolute atomic E-state index is 12.6. The highest BCUT2D eigenvalue weighted by Gasteiger charge is 2.25. The van der Waals surface area contributed by atoms with Crippen LogP contribution >= 0.6 is 0 Å². The molecule has 6 heteroatoms. The van der Waals surface area contributed by atoms with Gasteiger partial charge >= 0.3 is 0 Å². The molecule has 0 radical (unpaired) electrons. The average Bonchev–Trinajstić information content (AvgIpc) is 2.60. The zero-order valence-corrected chi connectivity index (χ0v) is 14.6. The Morgan fingerprint density at radius 1 is 1.28 bits per heavy atom. The van der Waals surface area contributed by atoms with Crippen molar-refractivity contribution < 1.29 is 9.53 Å². The highest BCUT2D eigenvalue weighted by molar-refractivity contribution is 5.94. The summed E-state index contributed by atoms with van der Waals surface area (Å²) in [4.78, 5) is 27.0. The number of carbonyl (C=O) groups is 1. The largest absolute Gasteiger partial charge is 0.366 e. The van der Waals surface area contributed by atoms with Crippen LogP contribution < -0.4 is 10.9 Å². The Bertz CT molecular complexity index is 798. The van der Waals surface area contributed by atoms with Crippen LogP contribution in [0.3, 0.4) is 0 Å². The molecule has 1 aromatic heterocycles. The molecule has 1 fully saturated rings. The van der Waals surface area contributed by atoms with Crippen molar-refractivity contribution in [2.24, 2.45) is 0 Å². The minimum Gasteiger partial charge on any atom is -0.366 e. The number of nitrogens with zero attached hydrogens (tertiary/aromatic N) is 2. The number of aryl methyl sites for hydroxylation is 1. The van der Waals surface area contributed by atoms with Crippen LogP contribution in [-0.2, 0) is 16.1 Å². The van der Waals surface area contributed by atoms with Gasteiger partial charge in [0.1, 0.15) is 11.8 Å². The third kappa shape index (κ3) is 4.35. The SMILES string of the molecule is Cc1ccc(Cn2cccc(NC(=O)[C@H]3CN(C)CCO3)c2=O)cc1. The first-order valence-electron chi connectivity index (χ1n) is 8.39.